The molecule has 1 rings (SSSR count). The Kier molecular flexibility index (Phi) is 9.00. The lowest BCUT2D eigenvalue weighted by Crippen LogP contribution is -3.00. The quantitative estimate of drug-likeness (QED) is 0.222. The summed E-state index contributed by atoms with van der Waals surface area (Å²) in [5, 5.41) is 6.39. The molecule has 0 radical (unpaired) electrons. The van der Waals surface area contributed by atoms with E-state index in [4.69, 9.17) is 5.53 Å². The topological polar surface area (TPSA) is 77.9 Å². The first-order chi connectivity index (χ1) is 9.54. The number of quaternary nitrogens is 1. The zero-order chi connectivity index (χ0) is 15.0. The van der Waals surface area contributed by atoms with Crippen LogP contribution in [0.4, 0.5) is 5.69 Å². The number of likely N-dealkylation sites (N-methyl/N-ethyl adjacent to an activating group) is 1. The molecular weight excluding hydrogens is 381 g/mol. The number of azide groups is 1. The first-order valence-electron chi connectivity index (χ1n) is 6.81. The first kappa shape index (κ1) is 19.7. The van der Waals surface area contributed by atoms with Crippen LogP contribution in [0.3, 0.4) is 0 Å². The normalized spacial score (nSPS) is 10.2. The number of amides is 1. The molecule has 1 amide bonds. The van der Waals surface area contributed by atoms with E-state index in [1.165, 1.54) is 0 Å². The van der Waals surface area contributed by atoms with Gasteiger partial charge in [-0.3, -0.25) is 4.79 Å². The predicted octanol–water partition coefficient (Wildman–Crippen LogP) is -0.151. The van der Waals surface area contributed by atoms with E-state index in [1.807, 2.05) is 0 Å². The Morgan fingerprint density at radius 1 is 1.29 bits per heavy atom. The lowest BCUT2D eigenvalue weighted by Gasteiger charge is -2.32. The molecule has 0 bridgehead atoms. The Hall–Kier alpha value is -1.31. The third-order valence-corrected chi connectivity index (χ3v) is 3.75. The van der Waals surface area contributed by atoms with Gasteiger partial charge in [-0.2, -0.15) is 0 Å². The van der Waals surface area contributed by atoms with Crippen LogP contribution in [0, 0.1) is 0 Å². The lowest BCUT2D eigenvalue weighted by atomic mass is 10.2. The Morgan fingerprint density at radius 2 is 1.86 bits per heavy atom. The Morgan fingerprint density at radius 3 is 2.33 bits per heavy atom. The summed E-state index contributed by atoms with van der Waals surface area (Å²) in [6.45, 7) is 7.96. The van der Waals surface area contributed by atoms with Gasteiger partial charge in [0, 0.05) is 16.2 Å². The van der Waals surface area contributed by atoms with E-state index in [9.17, 15) is 4.79 Å². The van der Waals surface area contributed by atoms with Crippen LogP contribution >= 0.6 is 0 Å². The molecule has 0 atom stereocenters. The summed E-state index contributed by atoms with van der Waals surface area (Å²) >= 11 is 0. The molecule has 0 aliphatic heterocycles. The molecule has 1 aromatic rings. The molecule has 6 nitrogen and oxygen atoms in total. The molecule has 0 aliphatic rings. The average Bonchev–Trinajstić information content (AvgIpc) is 2.48. The lowest BCUT2D eigenvalue weighted by molar-refractivity contribution is -0.904. The molecule has 1 aromatic carbocycles. The van der Waals surface area contributed by atoms with Gasteiger partial charge in [0.1, 0.15) is 0 Å². The second kappa shape index (κ2) is 9.59. The largest absolute Gasteiger partial charge is 1.00 e. The van der Waals surface area contributed by atoms with Crippen LogP contribution < -0.4 is 29.3 Å². The summed E-state index contributed by atoms with van der Waals surface area (Å²) in [4.78, 5) is 14.7. The van der Waals surface area contributed by atoms with Crippen LogP contribution in [0.2, 0.25) is 0 Å². The molecule has 0 aromatic heterocycles. The SMILES string of the molecule is CC[N+](C)(CC)CCNC(=O)c1ccc(N=[N+]=[N-])cc1.[I-]. The van der Waals surface area contributed by atoms with Crippen molar-refractivity contribution in [1.82, 2.24) is 5.32 Å². The summed E-state index contributed by atoms with van der Waals surface area (Å²) in [6.07, 6.45) is 0. The number of benzene rings is 1. The fourth-order valence-electron chi connectivity index (χ4n) is 1.81. The fraction of sp³-hybridized carbons (Fsp3) is 0.500. The number of nitrogens with zero attached hydrogens (tertiary/aromatic N) is 4. The highest BCUT2D eigenvalue weighted by Gasteiger charge is 2.16. The number of hydrogen-bond acceptors (Lipinski definition) is 2. The highest BCUT2D eigenvalue weighted by atomic mass is 127. The van der Waals surface area contributed by atoms with Crippen LogP contribution in [0.15, 0.2) is 29.4 Å². The van der Waals surface area contributed by atoms with Gasteiger partial charge in [0.15, 0.2) is 0 Å². The van der Waals surface area contributed by atoms with E-state index in [1.54, 1.807) is 24.3 Å². The van der Waals surface area contributed by atoms with Crippen LogP contribution in [0.1, 0.15) is 24.2 Å². The van der Waals surface area contributed by atoms with Gasteiger partial charge >= 0.3 is 0 Å². The van der Waals surface area contributed by atoms with E-state index >= 15 is 0 Å². The summed E-state index contributed by atoms with van der Waals surface area (Å²) in [6, 6.07) is 6.58. The number of hydrogen-bond donors (Lipinski definition) is 1. The summed E-state index contributed by atoms with van der Waals surface area (Å²) in [5.41, 5.74) is 9.39. The molecule has 0 unspecified atom stereocenters. The standard InChI is InChI=1S/C14H21N5O.HI/c1-4-19(3,5-2)11-10-16-14(20)12-6-8-13(9-7-12)17-18-15;/h6-9H,4-5,10-11H2,1-3H3;1H. The Labute approximate surface area is 142 Å². The van der Waals surface area contributed by atoms with Crippen molar-refractivity contribution in [2.75, 3.05) is 33.2 Å². The number of carbonyl (C=O) groups excluding carboxylic acids is 1. The van der Waals surface area contributed by atoms with Crippen molar-refractivity contribution in [1.29, 1.82) is 0 Å². The molecule has 7 heteroatoms. The summed E-state index contributed by atoms with van der Waals surface area (Å²) in [5.74, 6) is -0.101. The van der Waals surface area contributed by atoms with Crippen molar-refractivity contribution < 1.29 is 33.3 Å². The van der Waals surface area contributed by atoms with Gasteiger partial charge < -0.3 is 33.8 Å². The summed E-state index contributed by atoms with van der Waals surface area (Å²) in [7, 11) is 2.18. The molecule has 0 saturated carbocycles. The van der Waals surface area contributed by atoms with Crippen molar-refractivity contribution in [3.63, 3.8) is 0 Å². The van der Waals surface area contributed by atoms with E-state index in [0.29, 0.717) is 17.8 Å². The maximum absolute atomic E-state index is 12.0. The van der Waals surface area contributed by atoms with Crippen LogP contribution in [-0.4, -0.2) is 43.6 Å². The molecule has 0 heterocycles. The van der Waals surface area contributed by atoms with E-state index in [-0.39, 0.29) is 29.9 Å². The van der Waals surface area contributed by atoms with Gasteiger partial charge in [0.05, 0.1) is 33.2 Å². The van der Waals surface area contributed by atoms with Gasteiger partial charge in [0.25, 0.3) is 5.91 Å². The molecule has 1 N–H and O–H groups in total. The van der Waals surface area contributed by atoms with Gasteiger partial charge in [0.2, 0.25) is 0 Å². The maximum atomic E-state index is 12.0. The predicted molar refractivity (Wildman–Crippen MR) is 79.7 cm³/mol. The van der Waals surface area contributed by atoms with Crippen molar-refractivity contribution in [2.45, 2.75) is 13.8 Å². The smallest absolute Gasteiger partial charge is 0.251 e. The van der Waals surface area contributed by atoms with Gasteiger partial charge in [-0.1, -0.05) is 17.2 Å². The van der Waals surface area contributed by atoms with Crippen molar-refractivity contribution in [3.8, 4) is 0 Å². The zero-order valence-electron chi connectivity index (χ0n) is 12.7. The molecular formula is C14H22IN5O. The Bertz CT molecular complexity index is 493. The van der Waals surface area contributed by atoms with E-state index in [0.717, 1.165) is 24.1 Å². The fourth-order valence-corrected chi connectivity index (χ4v) is 1.81. The monoisotopic (exact) mass is 403 g/mol. The van der Waals surface area contributed by atoms with E-state index in [2.05, 4.69) is 36.2 Å². The average molecular weight is 403 g/mol. The minimum atomic E-state index is -0.101. The maximum Gasteiger partial charge on any atom is 0.251 e. The van der Waals surface area contributed by atoms with Crippen LogP contribution in [0.5, 0.6) is 0 Å². The van der Waals surface area contributed by atoms with E-state index < -0.39 is 0 Å². The molecule has 0 fully saturated rings. The van der Waals surface area contributed by atoms with Crippen LogP contribution in [-0.2, 0) is 0 Å². The number of halogens is 1. The minimum Gasteiger partial charge on any atom is -1.00 e. The molecule has 0 spiro atoms. The second-order valence-corrected chi connectivity index (χ2v) is 4.97. The van der Waals surface area contributed by atoms with Crippen molar-refractivity contribution >= 4 is 11.6 Å². The second-order valence-electron chi connectivity index (χ2n) is 4.97. The third-order valence-electron chi connectivity index (χ3n) is 3.75. The number of rotatable bonds is 7. The van der Waals surface area contributed by atoms with Gasteiger partial charge in [-0.25, -0.2) is 0 Å². The molecule has 116 valence electrons. The summed E-state index contributed by atoms with van der Waals surface area (Å²) < 4.78 is 0.941. The third kappa shape index (κ3) is 6.33. The van der Waals surface area contributed by atoms with Crippen molar-refractivity contribution in [3.05, 3.63) is 40.3 Å². The molecule has 0 saturated heterocycles. The molecule has 21 heavy (non-hydrogen) atoms. The van der Waals surface area contributed by atoms with Gasteiger partial charge in [-0.15, -0.1) is 0 Å². The number of carbonyl (C=O) groups is 1. The molecule has 0 aliphatic carbocycles. The highest BCUT2D eigenvalue weighted by molar-refractivity contribution is 5.94. The van der Waals surface area contributed by atoms with Crippen LogP contribution in [0.25, 0.3) is 10.4 Å². The minimum absolute atomic E-state index is 0. The number of nitrogens with one attached hydrogen (secondary N) is 1. The Balaban J connectivity index is 0.00000400. The zero-order valence-corrected chi connectivity index (χ0v) is 14.9. The highest BCUT2D eigenvalue weighted by Crippen LogP contribution is 2.12. The first-order valence-corrected chi connectivity index (χ1v) is 6.81. The van der Waals surface area contributed by atoms with Crippen molar-refractivity contribution in [2.24, 2.45) is 5.11 Å². The van der Waals surface area contributed by atoms with Gasteiger partial charge in [-0.05, 0) is 31.5 Å².